The molecule has 0 radical (unpaired) electrons. The van der Waals surface area contributed by atoms with Crippen LogP contribution in [-0.2, 0) is 11.2 Å². The molecule has 0 spiro atoms. The van der Waals surface area contributed by atoms with Crippen LogP contribution in [0, 0.1) is 5.92 Å². The van der Waals surface area contributed by atoms with E-state index in [2.05, 4.69) is 53.3 Å². The van der Waals surface area contributed by atoms with Gasteiger partial charge in [-0.2, -0.15) is 0 Å². The molecule has 1 aliphatic rings. The van der Waals surface area contributed by atoms with E-state index >= 15 is 0 Å². The molecule has 1 saturated heterocycles. The lowest BCUT2D eigenvalue weighted by Gasteiger charge is -2.35. The third-order valence-corrected chi connectivity index (χ3v) is 6.34. The number of nitrogens with zero attached hydrogens (tertiary/aromatic N) is 3. The molecule has 2 amide bonds. The second kappa shape index (κ2) is 10.7. The fourth-order valence-corrected chi connectivity index (χ4v) is 4.60. The molecular formula is C28H34N4O2. The number of aromatic nitrogens is 1. The summed E-state index contributed by atoms with van der Waals surface area (Å²) in [5.41, 5.74) is 1.62. The molecule has 34 heavy (non-hydrogen) atoms. The number of hydrogen-bond donors (Lipinski definition) is 1. The van der Waals surface area contributed by atoms with Gasteiger partial charge in [0.2, 0.25) is 5.91 Å². The highest BCUT2D eigenvalue weighted by atomic mass is 16.2. The van der Waals surface area contributed by atoms with E-state index in [1.165, 1.54) is 5.39 Å². The molecule has 6 heteroatoms. The number of carbonyl (C=O) groups is 2. The van der Waals surface area contributed by atoms with Crippen LogP contribution < -0.4 is 10.2 Å². The molecule has 1 atom stereocenters. The van der Waals surface area contributed by atoms with Gasteiger partial charge in [0.15, 0.2) is 0 Å². The molecule has 1 aromatic heterocycles. The van der Waals surface area contributed by atoms with Gasteiger partial charge in [-0.05, 0) is 47.7 Å². The topological polar surface area (TPSA) is 65.5 Å². The molecule has 0 bridgehead atoms. The van der Waals surface area contributed by atoms with Crippen LogP contribution in [0.3, 0.4) is 0 Å². The molecule has 1 aliphatic heterocycles. The quantitative estimate of drug-likeness (QED) is 0.574. The molecular weight excluding hydrogens is 424 g/mol. The predicted octanol–water partition coefficient (Wildman–Crippen LogP) is 4.29. The summed E-state index contributed by atoms with van der Waals surface area (Å²) in [7, 11) is 0. The van der Waals surface area contributed by atoms with Gasteiger partial charge in [-0.1, -0.05) is 56.3 Å². The van der Waals surface area contributed by atoms with Crippen molar-refractivity contribution in [2.75, 3.05) is 31.1 Å². The van der Waals surface area contributed by atoms with Crippen molar-refractivity contribution in [3.63, 3.8) is 0 Å². The summed E-state index contributed by atoms with van der Waals surface area (Å²) in [5, 5.41) is 5.39. The Morgan fingerprint density at radius 3 is 2.35 bits per heavy atom. The number of hydrogen-bond acceptors (Lipinski definition) is 4. The lowest BCUT2D eigenvalue weighted by molar-refractivity contribution is -0.130. The standard InChI is InChI=1S/C28H34N4O2/c1-20(2)16-21(3)30-28(34)25-10-11-26(29-19-25)31-12-14-32(15-13-31)27(33)18-22-8-9-23-6-4-5-7-24(23)17-22/h4-11,17,19-21H,12-16,18H2,1-3H3,(H,30,34). The Kier molecular flexibility index (Phi) is 7.46. The first kappa shape index (κ1) is 23.7. The number of carbonyl (C=O) groups excluding carboxylic acids is 2. The lowest BCUT2D eigenvalue weighted by atomic mass is 10.0. The second-order valence-corrected chi connectivity index (χ2v) is 9.64. The van der Waals surface area contributed by atoms with Crippen molar-refractivity contribution in [1.82, 2.24) is 15.2 Å². The van der Waals surface area contributed by atoms with E-state index in [4.69, 9.17) is 0 Å². The Balaban J connectivity index is 1.29. The first-order chi connectivity index (χ1) is 16.4. The summed E-state index contributed by atoms with van der Waals surface area (Å²) >= 11 is 0. The fourth-order valence-electron chi connectivity index (χ4n) is 4.60. The van der Waals surface area contributed by atoms with Gasteiger partial charge in [0.1, 0.15) is 5.82 Å². The van der Waals surface area contributed by atoms with Gasteiger partial charge >= 0.3 is 0 Å². The van der Waals surface area contributed by atoms with Gasteiger partial charge in [0.25, 0.3) is 5.91 Å². The average Bonchev–Trinajstić information content (AvgIpc) is 2.83. The number of piperazine rings is 1. The number of fused-ring (bicyclic) bond motifs is 1. The van der Waals surface area contributed by atoms with E-state index in [1.54, 1.807) is 6.20 Å². The van der Waals surface area contributed by atoms with Gasteiger partial charge in [0.05, 0.1) is 12.0 Å². The van der Waals surface area contributed by atoms with Crippen molar-refractivity contribution in [1.29, 1.82) is 0 Å². The normalized spacial score (nSPS) is 14.9. The van der Waals surface area contributed by atoms with Gasteiger partial charge in [-0.15, -0.1) is 0 Å². The van der Waals surface area contributed by atoms with Crippen molar-refractivity contribution < 1.29 is 9.59 Å². The number of amides is 2. The maximum absolute atomic E-state index is 12.9. The fraction of sp³-hybridized carbons (Fsp3) is 0.393. The Morgan fingerprint density at radius 1 is 0.941 bits per heavy atom. The summed E-state index contributed by atoms with van der Waals surface area (Å²) in [6.45, 7) is 9.12. The minimum Gasteiger partial charge on any atom is -0.353 e. The Morgan fingerprint density at radius 2 is 1.68 bits per heavy atom. The third kappa shape index (κ3) is 5.93. The molecule has 3 aromatic rings. The highest BCUT2D eigenvalue weighted by Gasteiger charge is 2.22. The van der Waals surface area contributed by atoms with E-state index in [9.17, 15) is 9.59 Å². The molecule has 2 aromatic carbocycles. The first-order valence-electron chi connectivity index (χ1n) is 12.2. The SMILES string of the molecule is CC(C)CC(C)NC(=O)c1ccc(N2CCN(C(=O)Cc3ccc4ccccc4c3)CC2)nc1. The smallest absolute Gasteiger partial charge is 0.253 e. The van der Waals surface area contributed by atoms with Crippen molar-refractivity contribution in [2.24, 2.45) is 5.92 Å². The lowest BCUT2D eigenvalue weighted by Crippen LogP contribution is -2.49. The maximum atomic E-state index is 12.9. The molecule has 1 fully saturated rings. The first-order valence-corrected chi connectivity index (χ1v) is 12.2. The predicted molar refractivity (Wildman–Crippen MR) is 137 cm³/mol. The summed E-state index contributed by atoms with van der Waals surface area (Å²) in [6.07, 6.45) is 3.01. The van der Waals surface area contributed by atoms with Crippen molar-refractivity contribution >= 4 is 28.4 Å². The van der Waals surface area contributed by atoms with Gasteiger partial charge < -0.3 is 15.1 Å². The molecule has 2 heterocycles. The Bertz CT molecular complexity index is 1130. The van der Waals surface area contributed by atoms with Crippen LogP contribution in [0.25, 0.3) is 10.8 Å². The van der Waals surface area contributed by atoms with Crippen LogP contribution >= 0.6 is 0 Å². The van der Waals surface area contributed by atoms with Gasteiger partial charge in [0, 0.05) is 38.4 Å². The summed E-state index contributed by atoms with van der Waals surface area (Å²) in [5.74, 6) is 1.45. The molecule has 1 unspecified atom stereocenters. The van der Waals surface area contributed by atoms with Crippen LogP contribution in [0.5, 0.6) is 0 Å². The minimum atomic E-state index is -0.0868. The average molecular weight is 459 g/mol. The van der Waals surface area contributed by atoms with E-state index in [0.29, 0.717) is 31.0 Å². The molecule has 1 N–H and O–H groups in total. The zero-order valence-corrected chi connectivity index (χ0v) is 20.3. The van der Waals surface area contributed by atoms with Crippen LogP contribution in [0.1, 0.15) is 43.1 Å². The maximum Gasteiger partial charge on any atom is 0.253 e. The van der Waals surface area contributed by atoms with Crippen LogP contribution in [0.4, 0.5) is 5.82 Å². The molecule has 0 saturated carbocycles. The molecule has 4 rings (SSSR count). The summed E-state index contributed by atoms with van der Waals surface area (Å²) in [4.78, 5) is 33.9. The number of nitrogens with one attached hydrogen (secondary N) is 1. The zero-order valence-electron chi connectivity index (χ0n) is 20.3. The van der Waals surface area contributed by atoms with E-state index < -0.39 is 0 Å². The number of anilines is 1. The molecule has 6 nitrogen and oxygen atoms in total. The van der Waals surface area contributed by atoms with Crippen molar-refractivity contribution in [2.45, 2.75) is 39.7 Å². The van der Waals surface area contributed by atoms with E-state index in [-0.39, 0.29) is 17.9 Å². The van der Waals surface area contributed by atoms with E-state index in [0.717, 1.165) is 36.3 Å². The zero-order chi connectivity index (χ0) is 24.1. The number of rotatable bonds is 7. The summed E-state index contributed by atoms with van der Waals surface area (Å²) < 4.78 is 0. The Labute approximate surface area is 202 Å². The van der Waals surface area contributed by atoms with Crippen LogP contribution in [0.2, 0.25) is 0 Å². The molecule has 178 valence electrons. The highest BCUT2D eigenvalue weighted by molar-refractivity contribution is 5.94. The third-order valence-electron chi connectivity index (χ3n) is 6.34. The Hall–Kier alpha value is -3.41. The van der Waals surface area contributed by atoms with Crippen molar-refractivity contribution in [3.8, 4) is 0 Å². The number of pyridine rings is 1. The van der Waals surface area contributed by atoms with Crippen LogP contribution in [-0.4, -0.2) is 53.9 Å². The molecule has 0 aliphatic carbocycles. The van der Waals surface area contributed by atoms with Gasteiger partial charge in [-0.25, -0.2) is 4.98 Å². The second-order valence-electron chi connectivity index (χ2n) is 9.64. The van der Waals surface area contributed by atoms with Gasteiger partial charge in [-0.3, -0.25) is 9.59 Å². The largest absolute Gasteiger partial charge is 0.353 e. The summed E-state index contributed by atoms with van der Waals surface area (Å²) in [6, 6.07) is 18.3. The monoisotopic (exact) mass is 458 g/mol. The highest BCUT2D eigenvalue weighted by Crippen LogP contribution is 2.18. The minimum absolute atomic E-state index is 0.0868. The van der Waals surface area contributed by atoms with Crippen molar-refractivity contribution in [3.05, 3.63) is 71.9 Å². The number of benzene rings is 2. The van der Waals surface area contributed by atoms with E-state index in [1.807, 2.05) is 42.2 Å². The van der Waals surface area contributed by atoms with Crippen LogP contribution in [0.15, 0.2) is 60.8 Å².